The van der Waals surface area contributed by atoms with Crippen LogP contribution in [0, 0.1) is 0 Å². The molecule has 0 aromatic heterocycles. The number of rotatable bonds is 7. The second kappa shape index (κ2) is 12.7. The molecule has 0 aliphatic carbocycles. The fraction of sp³-hybridized carbons (Fsp3) is 0.0714. The molecule has 0 unspecified atom stereocenters. The molecule has 2 nitrogen and oxygen atoms in total. The van der Waals surface area contributed by atoms with Crippen LogP contribution in [0.2, 0.25) is 5.02 Å². The van der Waals surface area contributed by atoms with E-state index in [9.17, 15) is 9.59 Å². The number of carbonyl (C=O) groups is 2. The lowest BCUT2D eigenvalue weighted by Gasteiger charge is -2.08. The molecule has 0 aliphatic rings. The van der Waals surface area contributed by atoms with Crippen molar-refractivity contribution in [2.45, 2.75) is 22.6 Å². The zero-order valence-corrected chi connectivity index (χ0v) is 19.1. The average molecular weight is 459 g/mol. The van der Waals surface area contributed by atoms with Crippen LogP contribution in [0.15, 0.2) is 119 Å². The average Bonchev–Trinajstić information content (AvgIpc) is 2.85. The Balaban J connectivity index is 0.000000222. The monoisotopic (exact) mass is 458 g/mol. The van der Waals surface area contributed by atoms with Crippen LogP contribution in [0.1, 0.15) is 27.9 Å². The number of halogens is 1. The molecule has 32 heavy (non-hydrogen) atoms. The van der Waals surface area contributed by atoms with Gasteiger partial charge in [-0.05, 0) is 42.3 Å². The summed E-state index contributed by atoms with van der Waals surface area (Å²) in [6.07, 6.45) is 2.19. The number of hydrogen-bond acceptors (Lipinski definition) is 3. The van der Waals surface area contributed by atoms with E-state index in [1.807, 2.05) is 97.1 Å². The highest BCUT2D eigenvalue weighted by Gasteiger charge is 2.13. The lowest BCUT2D eigenvalue weighted by molar-refractivity contribution is -0.107. The van der Waals surface area contributed by atoms with Gasteiger partial charge in [0, 0.05) is 32.4 Å². The molecule has 0 N–H and O–H groups in total. The van der Waals surface area contributed by atoms with Crippen molar-refractivity contribution in [2.75, 3.05) is 0 Å². The molecule has 0 fully saturated rings. The third kappa shape index (κ3) is 6.94. The van der Waals surface area contributed by atoms with E-state index in [0.29, 0.717) is 6.42 Å². The van der Waals surface area contributed by atoms with E-state index in [4.69, 9.17) is 11.6 Å². The van der Waals surface area contributed by atoms with Crippen molar-refractivity contribution in [1.82, 2.24) is 0 Å². The van der Waals surface area contributed by atoms with Gasteiger partial charge in [-0.1, -0.05) is 102 Å². The van der Waals surface area contributed by atoms with Crippen LogP contribution in [0.25, 0.3) is 0 Å². The van der Waals surface area contributed by atoms with Gasteiger partial charge < -0.3 is 4.79 Å². The molecule has 4 aromatic rings. The SMILES string of the molecule is O=C(c1ccccc1)c1ccccc1Sc1ccccc1.O=CCCc1ccccc1Cl. The predicted molar refractivity (Wildman–Crippen MR) is 133 cm³/mol. The van der Waals surface area contributed by atoms with Crippen molar-refractivity contribution >= 4 is 35.4 Å². The highest BCUT2D eigenvalue weighted by molar-refractivity contribution is 7.99. The molecule has 4 rings (SSSR count). The van der Waals surface area contributed by atoms with Crippen LogP contribution in [-0.2, 0) is 11.2 Å². The second-order valence-electron chi connectivity index (χ2n) is 6.90. The Morgan fingerprint density at radius 1 is 0.750 bits per heavy atom. The molecule has 4 heteroatoms. The first-order valence-electron chi connectivity index (χ1n) is 10.3. The van der Waals surface area contributed by atoms with Crippen molar-refractivity contribution in [2.24, 2.45) is 0 Å². The highest BCUT2D eigenvalue weighted by atomic mass is 35.5. The maximum absolute atomic E-state index is 12.6. The van der Waals surface area contributed by atoms with Crippen LogP contribution < -0.4 is 0 Å². The zero-order valence-electron chi connectivity index (χ0n) is 17.5. The summed E-state index contributed by atoms with van der Waals surface area (Å²) in [4.78, 5) is 24.8. The van der Waals surface area contributed by atoms with Gasteiger partial charge in [-0.25, -0.2) is 0 Å². The molecular weight excluding hydrogens is 436 g/mol. The van der Waals surface area contributed by atoms with Crippen molar-refractivity contribution in [3.63, 3.8) is 0 Å². The minimum atomic E-state index is 0.0645. The Hall–Kier alpha value is -3.14. The largest absolute Gasteiger partial charge is 0.303 e. The van der Waals surface area contributed by atoms with Gasteiger partial charge in [0.2, 0.25) is 0 Å². The Bertz CT molecular complexity index is 1140. The third-order valence-corrected chi connectivity index (χ3v) is 6.08. The molecule has 160 valence electrons. The summed E-state index contributed by atoms with van der Waals surface area (Å²) in [6.45, 7) is 0. The van der Waals surface area contributed by atoms with Crippen molar-refractivity contribution < 1.29 is 9.59 Å². The minimum Gasteiger partial charge on any atom is -0.303 e. The fourth-order valence-electron chi connectivity index (χ4n) is 3.02. The van der Waals surface area contributed by atoms with E-state index >= 15 is 0 Å². The molecule has 0 bridgehead atoms. The zero-order chi connectivity index (χ0) is 22.6. The molecule has 0 aliphatic heterocycles. The number of ketones is 1. The summed E-state index contributed by atoms with van der Waals surface area (Å²) in [6, 6.07) is 34.8. The van der Waals surface area contributed by atoms with Gasteiger partial charge in [-0.15, -0.1) is 0 Å². The summed E-state index contributed by atoms with van der Waals surface area (Å²) >= 11 is 7.46. The van der Waals surface area contributed by atoms with Gasteiger partial charge in [-0.2, -0.15) is 0 Å². The Morgan fingerprint density at radius 3 is 2.03 bits per heavy atom. The van der Waals surface area contributed by atoms with E-state index in [2.05, 4.69) is 12.1 Å². The van der Waals surface area contributed by atoms with Gasteiger partial charge in [0.05, 0.1) is 0 Å². The first-order valence-corrected chi connectivity index (χ1v) is 11.5. The maximum Gasteiger partial charge on any atom is 0.194 e. The number of hydrogen-bond donors (Lipinski definition) is 0. The van der Waals surface area contributed by atoms with Gasteiger partial charge in [0.25, 0.3) is 0 Å². The smallest absolute Gasteiger partial charge is 0.194 e. The van der Waals surface area contributed by atoms with Gasteiger partial charge >= 0.3 is 0 Å². The first-order chi connectivity index (χ1) is 15.7. The predicted octanol–water partition coefficient (Wildman–Crippen LogP) is 7.54. The Kier molecular flexibility index (Phi) is 9.30. The topological polar surface area (TPSA) is 34.1 Å². The van der Waals surface area contributed by atoms with Crippen LogP contribution in [0.4, 0.5) is 0 Å². The standard InChI is InChI=1S/C19H14OS.C9H9ClO/c20-19(15-9-3-1-4-10-15)17-13-7-8-14-18(17)21-16-11-5-2-6-12-16;10-9-6-2-1-4-8(9)5-3-7-11/h1-14H;1-2,4,6-7H,3,5H2. The van der Waals surface area contributed by atoms with Gasteiger partial charge in [0.15, 0.2) is 5.78 Å². The summed E-state index contributed by atoms with van der Waals surface area (Å²) in [5.41, 5.74) is 2.51. The number of aryl methyl sites for hydroxylation is 1. The van der Waals surface area contributed by atoms with Crippen molar-refractivity contribution in [1.29, 1.82) is 0 Å². The minimum absolute atomic E-state index is 0.0645. The maximum atomic E-state index is 12.6. The third-order valence-electron chi connectivity index (χ3n) is 4.63. The molecular formula is C28H23ClO2S. The molecule has 0 saturated carbocycles. The molecule has 0 heterocycles. The first kappa shape index (κ1) is 23.5. The lowest BCUT2D eigenvalue weighted by Crippen LogP contribution is -2.02. The fourth-order valence-corrected chi connectivity index (χ4v) is 4.21. The molecule has 0 atom stereocenters. The highest BCUT2D eigenvalue weighted by Crippen LogP contribution is 2.31. The number of carbonyl (C=O) groups excluding carboxylic acids is 2. The van der Waals surface area contributed by atoms with Crippen molar-refractivity contribution in [3.05, 3.63) is 131 Å². The lowest BCUT2D eigenvalue weighted by atomic mass is 10.0. The molecule has 0 radical (unpaired) electrons. The summed E-state index contributed by atoms with van der Waals surface area (Å²) in [7, 11) is 0. The molecule has 4 aromatic carbocycles. The van der Waals surface area contributed by atoms with Crippen molar-refractivity contribution in [3.8, 4) is 0 Å². The van der Waals surface area contributed by atoms with E-state index in [-0.39, 0.29) is 5.78 Å². The summed E-state index contributed by atoms with van der Waals surface area (Å²) in [5.74, 6) is 0.0645. The second-order valence-corrected chi connectivity index (χ2v) is 8.43. The molecule has 0 spiro atoms. The molecule has 0 saturated heterocycles. The summed E-state index contributed by atoms with van der Waals surface area (Å²) < 4.78 is 0. The number of aldehydes is 1. The van der Waals surface area contributed by atoms with Crippen LogP contribution in [0.3, 0.4) is 0 Å². The Labute approximate surface area is 198 Å². The van der Waals surface area contributed by atoms with Crippen LogP contribution >= 0.6 is 23.4 Å². The van der Waals surface area contributed by atoms with Crippen LogP contribution in [0.5, 0.6) is 0 Å². The van der Waals surface area contributed by atoms with Gasteiger partial charge in [-0.3, -0.25) is 4.79 Å². The van der Waals surface area contributed by atoms with E-state index < -0.39 is 0 Å². The van der Waals surface area contributed by atoms with E-state index in [1.54, 1.807) is 11.8 Å². The normalized spacial score (nSPS) is 10.0. The van der Waals surface area contributed by atoms with Crippen LogP contribution in [-0.4, -0.2) is 12.1 Å². The summed E-state index contributed by atoms with van der Waals surface area (Å²) in [5, 5.41) is 0.745. The van der Waals surface area contributed by atoms with E-state index in [0.717, 1.165) is 44.2 Å². The molecule has 0 amide bonds. The quantitative estimate of drug-likeness (QED) is 0.212. The number of benzene rings is 4. The Morgan fingerprint density at radius 2 is 1.34 bits per heavy atom. The van der Waals surface area contributed by atoms with Gasteiger partial charge in [0.1, 0.15) is 6.29 Å². The van der Waals surface area contributed by atoms with E-state index in [1.165, 1.54) is 0 Å².